The third kappa shape index (κ3) is 2.87. The highest BCUT2D eigenvalue weighted by molar-refractivity contribution is 5.94. The number of carbonyl (C=O) groups excluding carboxylic acids is 1. The Morgan fingerprint density at radius 2 is 2.17 bits per heavy atom. The van der Waals surface area contributed by atoms with Crippen molar-refractivity contribution in [2.24, 2.45) is 7.05 Å². The summed E-state index contributed by atoms with van der Waals surface area (Å²) in [6, 6.07) is 0. The highest BCUT2D eigenvalue weighted by Crippen LogP contribution is 2.38. The number of carbonyl (C=O) groups is 1. The van der Waals surface area contributed by atoms with Crippen LogP contribution in [-0.4, -0.2) is 32.4 Å². The lowest BCUT2D eigenvalue weighted by atomic mass is 9.95. The maximum absolute atomic E-state index is 12.5. The molecule has 2 aromatic heterocycles. The number of aromatic nitrogens is 4. The molecular weight excluding hydrogens is 294 g/mol. The van der Waals surface area contributed by atoms with Gasteiger partial charge in [0, 0.05) is 31.5 Å². The lowest BCUT2D eigenvalue weighted by molar-refractivity contribution is 0.0943. The second kappa shape index (κ2) is 5.79. The summed E-state index contributed by atoms with van der Waals surface area (Å²) in [5.74, 6) is 1.83. The molecule has 1 N–H and O–H groups in total. The number of aryl methyl sites for hydroxylation is 2. The van der Waals surface area contributed by atoms with Crippen molar-refractivity contribution in [2.75, 3.05) is 6.54 Å². The van der Waals surface area contributed by atoms with Gasteiger partial charge in [0.25, 0.3) is 5.91 Å². The Balaban J connectivity index is 1.37. The fraction of sp³-hybridized carbons (Fsp3) is 0.625. The Bertz CT molecular complexity index is 729. The Morgan fingerprint density at radius 3 is 3.00 bits per heavy atom. The number of rotatable bonds is 5. The average Bonchev–Trinajstić information content (AvgIpc) is 3.19. The van der Waals surface area contributed by atoms with Crippen LogP contribution < -0.4 is 5.32 Å². The SMILES string of the molecule is Cn1nc2c(c1C(=O)NCCc1nc(C3CC3)no1)CCCC2. The first-order valence-electron chi connectivity index (χ1n) is 8.38. The van der Waals surface area contributed by atoms with Gasteiger partial charge in [-0.05, 0) is 38.5 Å². The molecule has 0 aromatic carbocycles. The van der Waals surface area contributed by atoms with Crippen molar-refractivity contribution < 1.29 is 9.32 Å². The van der Waals surface area contributed by atoms with E-state index in [2.05, 4.69) is 20.6 Å². The molecule has 0 spiro atoms. The molecule has 2 aliphatic rings. The van der Waals surface area contributed by atoms with E-state index in [0.717, 1.165) is 55.6 Å². The van der Waals surface area contributed by atoms with Crippen LogP contribution in [0.15, 0.2) is 4.52 Å². The maximum atomic E-state index is 12.5. The van der Waals surface area contributed by atoms with E-state index in [0.29, 0.717) is 30.5 Å². The van der Waals surface area contributed by atoms with Crippen LogP contribution >= 0.6 is 0 Å². The fourth-order valence-corrected chi connectivity index (χ4v) is 3.21. The van der Waals surface area contributed by atoms with Gasteiger partial charge < -0.3 is 9.84 Å². The molecule has 2 aromatic rings. The van der Waals surface area contributed by atoms with E-state index in [9.17, 15) is 4.79 Å². The minimum Gasteiger partial charge on any atom is -0.350 e. The summed E-state index contributed by atoms with van der Waals surface area (Å²) in [5, 5.41) is 11.4. The Labute approximate surface area is 134 Å². The van der Waals surface area contributed by atoms with Crippen LogP contribution in [0.25, 0.3) is 0 Å². The van der Waals surface area contributed by atoms with E-state index < -0.39 is 0 Å². The van der Waals surface area contributed by atoms with Gasteiger partial charge in [-0.25, -0.2) is 0 Å². The van der Waals surface area contributed by atoms with Crippen LogP contribution in [0.4, 0.5) is 0 Å². The van der Waals surface area contributed by atoms with Gasteiger partial charge in [-0.2, -0.15) is 10.1 Å². The van der Waals surface area contributed by atoms with Crippen LogP contribution in [0.5, 0.6) is 0 Å². The smallest absolute Gasteiger partial charge is 0.269 e. The summed E-state index contributed by atoms with van der Waals surface area (Å²) in [6.07, 6.45) is 7.08. The molecule has 0 aliphatic heterocycles. The summed E-state index contributed by atoms with van der Waals surface area (Å²) in [6.45, 7) is 0.491. The molecule has 0 unspecified atom stereocenters. The minimum atomic E-state index is -0.0647. The molecule has 1 saturated carbocycles. The predicted octanol–water partition coefficient (Wildman–Crippen LogP) is 1.53. The zero-order valence-corrected chi connectivity index (χ0v) is 13.3. The van der Waals surface area contributed by atoms with Crippen molar-refractivity contribution in [1.82, 2.24) is 25.2 Å². The molecule has 4 rings (SSSR count). The number of hydrogen-bond donors (Lipinski definition) is 1. The molecule has 7 nitrogen and oxygen atoms in total. The second-order valence-electron chi connectivity index (χ2n) is 6.43. The molecule has 0 radical (unpaired) electrons. The van der Waals surface area contributed by atoms with Crippen molar-refractivity contribution in [3.8, 4) is 0 Å². The summed E-state index contributed by atoms with van der Waals surface area (Å²) in [7, 11) is 1.84. The lowest BCUT2D eigenvalue weighted by Crippen LogP contribution is -2.28. The van der Waals surface area contributed by atoms with E-state index >= 15 is 0 Å². The molecule has 0 atom stereocenters. The maximum Gasteiger partial charge on any atom is 0.269 e. The van der Waals surface area contributed by atoms with Gasteiger partial charge in [0.15, 0.2) is 5.82 Å². The van der Waals surface area contributed by atoms with E-state index in [1.54, 1.807) is 4.68 Å². The van der Waals surface area contributed by atoms with Crippen molar-refractivity contribution >= 4 is 5.91 Å². The largest absolute Gasteiger partial charge is 0.350 e. The highest BCUT2D eigenvalue weighted by atomic mass is 16.5. The fourth-order valence-electron chi connectivity index (χ4n) is 3.21. The van der Waals surface area contributed by atoms with Crippen LogP contribution in [-0.2, 0) is 26.3 Å². The Kier molecular flexibility index (Phi) is 3.63. The quantitative estimate of drug-likeness (QED) is 0.904. The van der Waals surface area contributed by atoms with Crippen molar-refractivity contribution in [2.45, 2.75) is 50.9 Å². The molecule has 1 amide bonds. The Hall–Kier alpha value is -2.18. The molecule has 23 heavy (non-hydrogen) atoms. The zero-order valence-electron chi connectivity index (χ0n) is 13.3. The summed E-state index contributed by atoms with van der Waals surface area (Å²) in [4.78, 5) is 16.8. The van der Waals surface area contributed by atoms with Crippen molar-refractivity contribution in [1.29, 1.82) is 0 Å². The summed E-state index contributed by atoms with van der Waals surface area (Å²) < 4.78 is 6.93. The van der Waals surface area contributed by atoms with E-state index in [4.69, 9.17) is 4.52 Å². The molecule has 0 saturated heterocycles. The molecule has 2 heterocycles. The number of amides is 1. The average molecular weight is 315 g/mol. The number of fused-ring (bicyclic) bond motifs is 1. The van der Waals surface area contributed by atoms with E-state index in [1.807, 2.05) is 7.05 Å². The third-order valence-electron chi connectivity index (χ3n) is 4.58. The van der Waals surface area contributed by atoms with Gasteiger partial charge in [-0.3, -0.25) is 9.48 Å². The first-order chi connectivity index (χ1) is 11.2. The molecular formula is C16H21N5O2. The summed E-state index contributed by atoms with van der Waals surface area (Å²) >= 11 is 0. The monoisotopic (exact) mass is 315 g/mol. The lowest BCUT2D eigenvalue weighted by Gasteiger charge is -2.11. The van der Waals surface area contributed by atoms with Gasteiger partial charge in [0.1, 0.15) is 5.69 Å². The van der Waals surface area contributed by atoms with Gasteiger partial charge in [-0.1, -0.05) is 5.16 Å². The predicted molar refractivity (Wildman–Crippen MR) is 82.2 cm³/mol. The topological polar surface area (TPSA) is 85.8 Å². The van der Waals surface area contributed by atoms with Gasteiger partial charge in [0.2, 0.25) is 5.89 Å². The van der Waals surface area contributed by atoms with Crippen LogP contribution in [0, 0.1) is 0 Å². The number of nitrogens with one attached hydrogen (secondary N) is 1. The number of nitrogens with zero attached hydrogens (tertiary/aromatic N) is 4. The number of hydrogen-bond acceptors (Lipinski definition) is 5. The zero-order chi connectivity index (χ0) is 15.8. The Morgan fingerprint density at radius 1 is 1.35 bits per heavy atom. The third-order valence-corrected chi connectivity index (χ3v) is 4.58. The van der Waals surface area contributed by atoms with Crippen LogP contribution in [0.3, 0.4) is 0 Å². The van der Waals surface area contributed by atoms with E-state index in [1.165, 1.54) is 0 Å². The first kappa shape index (κ1) is 14.4. The highest BCUT2D eigenvalue weighted by Gasteiger charge is 2.28. The molecule has 2 aliphatic carbocycles. The molecule has 1 fully saturated rings. The first-order valence-corrected chi connectivity index (χ1v) is 8.38. The molecule has 7 heteroatoms. The summed E-state index contributed by atoms with van der Waals surface area (Å²) in [5.41, 5.74) is 2.89. The molecule has 0 bridgehead atoms. The van der Waals surface area contributed by atoms with Gasteiger partial charge >= 0.3 is 0 Å². The van der Waals surface area contributed by atoms with E-state index in [-0.39, 0.29) is 5.91 Å². The van der Waals surface area contributed by atoms with Crippen LogP contribution in [0.1, 0.15) is 65.1 Å². The standard InChI is InChI=1S/C16H21N5O2/c1-21-14(11-4-2-3-5-12(11)19-21)16(22)17-9-8-13-18-15(20-23-13)10-6-7-10/h10H,2-9H2,1H3,(H,17,22). The van der Waals surface area contributed by atoms with Gasteiger partial charge in [0.05, 0.1) is 5.69 Å². The second-order valence-corrected chi connectivity index (χ2v) is 6.43. The van der Waals surface area contributed by atoms with Crippen molar-refractivity contribution in [3.63, 3.8) is 0 Å². The van der Waals surface area contributed by atoms with Gasteiger partial charge in [-0.15, -0.1) is 0 Å². The molecule has 122 valence electrons. The minimum absolute atomic E-state index is 0.0647. The van der Waals surface area contributed by atoms with Crippen molar-refractivity contribution in [3.05, 3.63) is 28.7 Å². The normalized spacial score (nSPS) is 17.1. The van der Waals surface area contributed by atoms with Crippen LogP contribution in [0.2, 0.25) is 0 Å².